The fourth-order valence-corrected chi connectivity index (χ4v) is 20.7. The van der Waals surface area contributed by atoms with Crippen LogP contribution < -0.4 is 42.2 Å². The molecule has 0 atom stereocenters. The Labute approximate surface area is 328 Å². The average Bonchev–Trinajstić information content (AvgIpc) is 3.20. The molecule has 7 rings (SSSR count). The van der Waals surface area contributed by atoms with Crippen LogP contribution in [0, 0.1) is 0 Å². The quantitative estimate of drug-likeness (QED) is 0.0858. The summed E-state index contributed by atoms with van der Waals surface area (Å²) in [7, 11) is -7.92. The van der Waals surface area contributed by atoms with E-state index in [0.29, 0.717) is 0 Å². The highest BCUT2D eigenvalue weighted by Crippen LogP contribution is 2.60. The maximum atomic E-state index is 2.74. The fourth-order valence-electron chi connectivity index (χ4n) is 8.40. The van der Waals surface area contributed by atoms with Crippen molar-refractivity contribution < 1.29 is 0 Å². The SMILES string of the molecule is C[Si](C)(C)c1cc(C[P+](c2ccccc2)(c2ccccc2)c2ccccc2)c([Si](C)(C)C)cc1C[P+](c1ccccc1)(c1ccccc1)c1ccccc1. The largest absolute Gasteiger partial charge is 0.116 e. The third-order valence-corrected chi connectivity index (χ3v) is 23.8. The number of benzene rings is 7. The number of hydrogen-bond donors (Lipinski definition) is 0. The highest BCUT2D eigenvalue weighted by atomic mass is 31.2. The maximum Gasteiger partial charge on any atom is 0.116 e. The van der Waals surface area contributed by atoms with Crippen molar-refractivity contribution in [1.82, 2.24) is 0 Å². The van der Waals surface area contributed by atoms with Crippen LogP contribution in [0.4, 0.5) is 0 Å². The lowest BCUT2D eigenvalue weighted by atomic mass is 10.1. The molecule has 4 heteroatoms. The molecular weight excluding hydrogens is 719 g/mol. The molecule has 0 nitrogen and oxygen atoms in total. The Morgan fingerprint density at radius 1 is 0.296 bits per heavy atom. The lowest BCUT2D eigenvalue weighted by Gasteiger charge is -2.34. The minimum absolute atomic E-state index is 1.01. The van der Waals surface area contributed by atoms with Crippen molar-refractivity contribution in [3.8, 4) is 0 Å². The molecule has 0 N–H and O–H groups in total. The second-order valence-electron chi connectivity index (χ2n) is 16.6. The van der Waals surface area contributed by atoms with Crippen LogP contribution in [-0.2, 0) is 12.3 Å². The second kappa shape index (κ2) is 15.9. The Kier molecular flexibility index (Phi) is 11.2. The van der Waals surface area contributed by atoms with Crippen LogP contribution in [0.2, 0.25) is 39.3 Å². The van der Waals surface area contributed by atoms with E-state index < -0.39 is 30.7 Å². The minimum Gasteiger partial charge on any atom is -0.0656 e. The van der Waals surface area contributed by atoms with Crippen LogP contribution in [0.15, 0.2) is 194 Å². The molecular formula is C50H54P2Si2+2. The Hall–Kier alpha value is -4.17. The first-order valence-corrected chi connectivity index (χ1v) is 30.2. The Morgan fingerprint density at radius 3 is 0.648 bits per heavy atom. The van der Waals surface area contributed by atoms with E-state index in [9.17, 15) is 0 Å². The molecule has 7 aromatic rings. The monoisotopic (exact) mass is 772 g/mol. The van der Waals surface area contributed by atoms with Gasteiger partial charge in [-0.3, -0.25) is 0 Å². The summed E-state index contributed by atoms with van der Waals surface area (Å²) < 4.78 is 0. The number of hydrogen-bond acceptors (Lipinski definition) is 0. The molecule has 0 unspecified atom stereocenters. The maximum absolute atomic E-state index is 2.74. The van der Waals surface area contributed by atoms with E-state index in [0.717, 1.165) is 12.3 Å². The van der Waals surface area contributed by atoms with Crippen LogP contribution >= 0.6 is 14.5 Å². The highest BCUT2D eigenvalue weighted by Gasteiger charge is 2.49. The summed E-state index contributed by atoms with van der Waals surface area (Å²) in [5.41, 5.74) is 3.12. The van der Waals surface area contributed by atoms with Gasteiger partial charge in [-0.1, -0.05) is 171 Å². The van der Waals surface area contributed by atoms with Crippen LogP contribution in [0.25, 0.3) is 0 Å². The molecule has 54 heavy (non-hydrogen) atoms. The zero-order valence-corrected chi connectivity index (χ0v) is 36.6. The smallest absolute Gasteiger partial charge is 0.0656 e. The summed E-state index contributed by atoms with van der Waals surface area (Å²) in [5, 5.41) is 11.9. The van der Waals surface area contributed by atoms with Gasteiger partial charge in [0.15, 0.2) is 0 Å². The average molecular weight is 773 g/mol. The first-order valence-electron chi connectivity index (χ1n) is 19.3. The van der Waals surface area contributed by atoms with Crippen molar-refractivity contribution in [2.24, 2.45) is 0 Å². The normalized spacial score (nSPS) is 12.4. The molecule has 0 aliphatic rings. The van der Waals surface area contributed by atoms with Gasteiger partial charge in [-0.05, 0) is 83.9 Å². The molecule has 0 spiro atoms. The van der Waals surface area contributed by atoms with E-state index >= 15 is 0 Å². The lowest BCUT2D eigenvalue weighted by molar-refractivity contribution is 1.35. The van der Waals surface area contributed by atoms with Crippen molar-refractivity contribution in [3.63, 3.8) is 0 Å². The van der Waals surface area contributed by atoms with Gasteiger partial charge in [0.05, 0.1) is 28.5 Å². The molecule has 0 fully saturated rings. The summed E-state index contributed by atoms with van der Waals surface area (Å²) >= 11 is 0. The summed E-state index contributed by atoms with van der Waals surface area (Å²) in [6.07, 6.45) is 2.03. The standard InChI is InChI=1S/C50H54P2Si2/c1-53(2,3)49-37-42(40-52(46-31-19-10-20-32-46,47-33-21-11-22-34-47)48-35-23-12-24-36-48)50(54(4,5)6)38-41(49)39-51(43-25-13-7-14-26-43,44-27-15-8-16-28-44)45-29-17-9-18-30-45/h7-38H,39-40H2,1-6H3/q+2. The van der Waals surface area contributed by atoms with Gasteiger partial charge in [-0.25, -0.2) is 0 Å². The molecule has 0 bridgehead atoms. The molecule has 7 aromatic carbocycles. The van der Waals surface area contributed by atoms with E-state index in [1.54, 1.807) is 21.5 Å². The lowest BCUT2D eigenvalue weighted by Crippen LogP contribution is -2.48. The van der Waals surface area contributed by atoms with Gasteiger partial charge in [0.1, 0.15) is 46.4 Å². The van der Waals surface area contributed by atoms with Crippen LogP contribution in [0.3, 0.4) is 0 Å². The topological polar surface area (TPSA) is 0 Å². The van der Waals surface area contributed by atoms with Crippen molar-refractivity contribution in [2.75, 3.05) is 0 Å². The van der Waals surface area contributed by atoms with E-state index in [1.807, 2.05) is 0 Å². The first kappa shape index (κ1) is 38.1. The molecule has 0 aliphatic carbocycles. The van der Waals surface area contributed by atoms with Gasteiger partial charge < -0.3 is 0 Å². The van der Waals surface area contributed by atoms with Gasteiger partial charge >= 0.3 is 0 Å². The van der Waals surface area contributed by atoms with Crippen molar-refractivity contribution >= 4 is 72.9 Å². The van der Waals surface area contributed by atoms with Gasteiger partial charge in [0.25, 0.3) is 0 Å². The third kappa shape index (κ3) is 7.56. The fraction of sp³-hybridized carbons (Fsp3) is 0.160. The molecule has 0 aliphatic heterocycles. The number of rotatable bonds is 12. The summed E-state index contributed by atoms with van der Waals surface area (Å²) in [6, 6.07) is 74.2. The predicted molar refractivity (Wildman–Crippen MR) is 250 cm³/mol. The minimum atomic E-state index is -2.10. The van der Waals surface area contributed by atoms with Gasteiger partial charge in [-0.2, -0.15) is 0 Å². The Balaban J connectivity index is 1.53. The molecule has 0 radical (unpaired) electrons. The van der Waals surface area contributed by atoms with Crippen LogP contribution in [-0.4, -0.2) is 16.1 Å². The van der Waals surface area contributed by atoms with E-state index in [2.05, 4.69) is 233 Å². The first-order chi connectivity index (χ1) is 26.0. The third-order valence-electron chi connectivity index (χ3n) is 10.9. The van der Waals surface area contributed by atoms with E-state index in [4.69, 9.17) is 0 Å². The Bertz CT molecular complexity index is 1900. The van der Waals surface area contributed by atoms with Crippen molar-refractivity contribution in [2.45, 2.75) is 51.6 Å². The molecule has 0 saturated heterocycles. The zero-order chi connectivity index (χ0) is 37.8. The predicted octanol–water partition coefficient (Wildman–Crippen LogP) is 9.77. The molecule has 0 amide bonds. The van der Waals surface area contributed by atoms with Crippen molar-refractivity contribution in [3.05, 3.63) is 205 Å². The van der Waals surface area contributed by atoms with Crippen molar-refractivity contribution in [1.29, 1.82) is 0 Å². The summed E-state index contributed by atoms with van der Waals surface area (Å²) in [6.45, 7) is 15.4. The molecule has 270 valence electrons. The van der Waals surface area contributed by atoms with E-state index in [1.165, 1.54) is 31.8 Å². The second-order valence-corrected chi connectivity index (χ2v) is 33.7. The van der Waals surface area contributed by atoms with Crippen LogP contribution in [0.5, 0.6) is 0 Å². The van der Waals surface area contributed by atoms with Gasteiger partial charge in [-0.15, -0.1) is 0 Å². The summed E-state index contributed by atoms with van der Waals surface area (Å²) in [5.74, 6) is 0. The zero-order valence-electron chi connectivity index (χ0n) is 32.8. The molecule has 0 aromatic heterocycles. The molecule has 0 saturated carbocycles. The van der Waals surface area contributed by atoms with E-state index in [-0.39, 0.29) is 0 Å². The Morgan fingerprint density at radius 2 is 0.481 bits per heavy atom. The molecule has 0 heterocycles. The van der Waals surface area contributed by atoms with Gasteiger partial charge in [0, 0.05) is 0 Å². The van der Waals surface area contributed by atoms with Crippen LogP contribution in [0.1, 0.15) is 11.1 Å². The summed E-state index contributed by atoms with van der Waals surface area (Å²) in [4.78, 5) is 0. The van der Waals surface area contributed by atoms with Gasteiger partial charge in [0.2, 0.25) is 0 Å². The highest BCUT2D eigenvalue weighted by molar-refractivity contribution is 7.95.